The van der Waals surface area contributed by atoms with Crippen LogP contribution in [-0.2, 0) is 79.1 Å². The van der Waals surface area contributed by atoms with Crippen molar-refractivity contribution in [3.8, 4) is 0 Å². The average Bonchev–Trinajstić information content (AvgIpc) is 1.68. The zero-order valence-corrected chi connectivity index (χ0v) is 107. The quantitative estimate of drug-likeness (QED) is 0.0252. The topological polar surface area (TPSA) is 284 Å². The highest BCUT2D eigenvalue weighted by Gasteiger charge is 2.41. The average molecular weight is 2140 g/mol. The fourth-order valence-electron chi connectivity index (χ4n) is 9.48. The minimum Gasteiger partial charge on any atom is -0.382 e. The number of unbranched alkanes of at least 4 members (excludes halogenated alkanes) is 7. The molecule has 29 heteroatoms. The SMILES string of the molecule is C=P(O)(OC)OCC1OCCC1OP(=C)(O)OCCCCCCCC(=O)C1CCC(CN2C(=O)CC(SC)C2=O)CC1.C=P(O)(OCCCCCCSC1CC(=O)N(CCOCCOC)C1=O)OCC1OCCC1OP(=C)(O)OC.CCC.CCC.CCC.CCC.CCC.CCC.CCC.CCC.CCC.CCC.CCC.CCC.CCC.CCC.CCC.CCC.CCC.CCC.CCC.CCC. The van der Waals surface area contributed by atoms with Crippen molar-refractivity contribution in [3.63, 3.8) is 0 Å². The predicted octanol–water partition coefficient (Wildman–Crippen LogP) is 35.0. The molecule has 0 bridgehead atoms. The van der Waals surface area contributed by atoms with Crippen molar-refractivity contribution in [2.75, 3.05) is 106 Å². The molecule has 0 aromatic carbocycles. The number of Topliss-reactive ketones (excluding diaryl/α,β-unsaturated/α-hetero) is 1. The van der Waals surface area contributed by atoms with E-state index in [0.717, 1.165) is 89.2 Å². The second kappa shape index (κ2) is 149. The summed E-state index contributed by atoms with van der Waals surface area (Å²) in [6.45, 7) is 88.5. The van der Waals surface area contributed by atoms with E-state index in [4.69, 9.17) is 55.1 Å². The summed E-state index contributed by atoms with van der Waals surface area (Å²) in [5.41, 5.74) is 0. The highest BCUT2D eigenvalue weighted by atomic mass is 32.2. The van der Waals surface area contributed by atoms with E-state index < -0.39 is 54.7 Å². The normalized spacial score (nSPS) is 18.3. The van der Waals surface area contributed by atoms with Gasteiger partial charge in [-0.25, -0.2) is 0 Å². The molecular weight excluding hydrogens is 1890 g/mol. The van der Waals surface area contributed by atoms with Crippen molar-refractivity contribution in [2.45, 2.75) is 556 Å². The maximum Gasteiger partial charge on any atom is 0.248 e. The van der Waals surface area contributed by atoms with Crippen molar-refractivity contribution in [1.29, 1.82) is 0 Å². The first-order chi connectivity index (χ1) is 66.3. The third-order valence-electron chi connectivity index (χ3n) is 14.2. The number of imide groups is 2. The summed E-state index contributed by atoms with van der Waals surface area (Å²) >= 11 is 2.96. The van der Waals surface area contributed by atoms with Gasteiger partial charge in [0.15, 0.2) is 0 Å². The van der Waals surface area contributed by atoms with Gasteiger partial charge >= 0.3 is 0 Å². The van der Waals surface area contributed by atoms with Gasteiger partial charge in [-0.1, -0.05) is 437 Å². The van der Waals surface area contributed by atoms with E-state index in [-0.39, 0.29) is 66.2 Å². The predicted molar refractivity (Wildman–Crippen MR) is 636 cm³/mol. The molecule has 140 heavy (non-hydrogen) atoms. The molecular formula is C111H252N2O21P4S2. The Hall–Kier alpha value is -0.790. The molecule has 0 radical (unpaired) electrons. The lowest BCUT2D eigenvalue weighted by Crippen LogP contribution is -2.37. The number of likely N-dealkylation sites (tertiary alicyclic amines) is 2. The zero-order valence-electron chi connectivity index (χ0n) is 102. The number of hydrogen-bond acceptors (Lipinski definition) is 23. The molecule has 1 aliphatic carbocycles. The molecule has 5 rings (SSSR count). The van der Waals surface area contributed by atoms with Crippen LogP contribution in [0, 0.1) is 11.8 Å². The zero-order chi connectivity index (χ0) is 113. The van der Waals surface area contributed by atoms with Crippen LogP contribution < -0.4 is 0 Å². The Bertz CT molecular complexity index is 2410. The van der Waals surface area contributed by atoms with Crippen molar-refractivity contribution < 1.29 is 98.7 Å². The molecule has 5 fully saturated rings. The molecule has 0 spiro atoms. The summed E-state index contributed by atoms with van der Waals surface area (Å²) in [5.74, 6) is 1.13. The first kappa shape index (κ1) is 178. The van der Waals surface area contributed by atoms with E-state index in [1.54, 1.807) is 7.11 Å². The minimum atomic E-state index is -3.28. The van der Waals surface area contributed by atoms with Crippen molar-refractivity contribution in [2.24, 2.45) is 11.8 Å². The van der Waals surface area contributed by atoms with Gasteiger partial charge in [-0.15, -0.1) is 11.8 Å². The van der Waals surface area contributed by atoms with Crippen LogP contribution in [0.25, 0.3) is 0 Å². The van der Waals surface area contributed by atoms with Crippen LogP contribution in [0.2, 0.25) is 0 Å². The fraction of sp³-hybridized carbons (Fsp3) is 0.919. The lowest BCUT2D eigenvalue weighted by Gasteiger charge is -2.30. The van der Waals surface area contributed by atoms with Crippen molar-refractivity contribution in [1.82, 2.24) is 9.80 Å². The Labute approximate surface area is 884 Å². The molecule has 864 valence electrons. The molecule has 1 saturated carbocycles. The van der Waals surface area contributed by atoms with Crippen LogP contribution in [0.4, 0.5) is 0 Å². The third-order valence-corrected chi connectivity index (χ3v) is 21.0. The lowest BCUT2D eigenvalue weighted by molar-refractivity contribution is -0.140. The lowest BCUT2D eigenvalue weighted by atomic mass is 9.79. The maximum atomic E-state index is 12.7. The number of carbonyl (C=O) groups excluding carboxylic acids is 5. The Kier molecular flexibility index (Phi) is 189. The molecule has 0 aromatic heterocycles. The molecule has 4 N–H and O–H groups in total. The number of rotatable bonds is 40. The highest BCUT2D eigenvalue weighted by Crippen LogP contribution is 2.49. The van der Waals surface area contributed by atoms with E-state index >= 15 is 0 Å². The molecule has 0 aromatic rings. The van der Waals surface area contributed by atoms with Gasteiger partial charge in [-0.3, -0.25) is 33.8 Å². The van der Waals surface area contributed by atoms with Gasteiger partial charge in [0, 0.05) is 79.1 Å². The Morgan fingerprint density at radius 1 is 0.357 bits per heavy atom. The molecule has 4 saturated heterocycles. The van der Waals surface area contributed by atoms with Gasteiger partial charge in [-0.05, 0) is 94.5 Å². The maximum absolute atomic E-state index is 12.7. The molecule has 10 atom stereocenters. The second-order valence-electron chi connectivity index (χ2n) is 34.4. The number of ether oxygens (including phenoxy) is 4. The van der Waals surface area contributed by atoms with Crippen LogP contribution >= 0.6 is 53.8 Å². The van der Waals surface area contributed by atoms with Crippen LogP contribution in [0.1, 0.15) is 521 Å². The molecule has 4 amide bonds. The number of methoxy groups -OCH3 is 1. The van der Waals surface area contributed by atoms with Gasteiger partial charge < -0.3 is 74.7 Å². The standard InChI is InChI=1S/C28H49NO10P2S.C23H43NO11P2S.20C3H8/c1-35-40(2,33)38-20-25-24(15-17-36-25)39-41(3,34)37-16-9-7-5-6-8-10-23(30)22-13-11-21(12-14-22)19-29-27(31)18-26(42-4)28(29)32;1-29-14-15-31-13-10-24-22(25)17-21(23(24)26)38-16-8-6-5-7-11-33-37(4,28)34-18-20-19(9-12-32-20)35-36(3,27)30-2;20*1-3-2/h21-22,24-26,33-34H,2-3,5-20H2,1,4H3;19-21,27-28H,3-18H2,1-2H3;20*3H2,1-2H3. The monoisotopic (exact) mass is 2140 g/mol. The summed E-state index contributed by atoms with van der Waals surface area (Å²) in [5, 5.41) is -0.552. The highest BCUT2D eigenvalue weighted by molar-refractivity contribution is 8.00. The third kappa shape index (κ3) is 150. The van der Waals surface area contributed by atoms with E-state index in [1.807, 2.05) is 6.26 Å². The molecule has 4 heterocycles. The van der Waals surface area contributed by atoms with E-state index in [2.05, 4.69) is 302 Å². The van der Waals surface area contributed by atoms with Crippen LogP contribution in [0.5, 0.6) is 0 Å². The molecule has 4 aliphatic heterocycles. The van der Waals surface area contributed by atoms with Crippen molar-refractivity contribution in [3.05, 3.63) is 0 Å². The van der Waals surface area contributed by atoms with E-state index in [0.29, 0.717) is 90.2 Å². The second-order valence-corrected chi connectivity index (χ2v) is 44.1. The number of ketones is 1. The Morgan fingerprint density at radius 2 is 0.657 bits per heavy atom. The minimum absolute atomic E-state index is 0.0139. The van der Waals surface area contributed by atoms with Gasteiger partial charge in [0.1, 0.15) is 18.0 Å². The summed E-state index contributed by atoms with van der Waals surface area (Å²) in [6.07, 6.45) is 53.0. The van der Waals surface area contributed by atoms with Gasteiger partial charge in [0.2, 0.25) is 53.9 Å². The van der Waals surface area contributed by atoms with Gasteiger partial charge in [0.25, 0.3) is 0 Å². The smallest absolute Gasteiger partial charge is 0.248 e. The van der Waals surface area contributed by atoms with Crippen molar-refractivity contribution >= 4 is 108 Å². The van der Waals surface area contributed by atoms with E-state index in [9.17, 15) is 43.5 Å². The van der Waals surface area contributed by atoms with Crippen LogP contribution in [0.3, 0.4) is 0 Å². The Balaban J connectivity index is -0.0000000921. The largest absolute Gasteiger partial charge is 0.382 e. The number of amides is 4. The fourth-order valence-corrected chi connectivity index (χ4v) is 14.5. The number of hydrogen-bond donors (Lipinski definition) is 4. The molecule has 10 unspecified atom stereocenters. The number of carbonyl (C=O) groups is 5. The number of thioether (sulfide) groups is 2. The summed E-state index contributed by atoms with van der Waals surface area (Å²) < 4.78 is 64.1. The van der Waals surface area contributed by atoms with Gasteiger partial charge in [0.05, 0.1) is 75.5 Å². The van der Waals surface area contributed by atoms with Crippen LogP contribution in [0.15, 0.2) is 0 Å². The van der Waals surface area contributed by atoms with Gasteiger partial charge in [-0.2, -0.15) is 11.8 Å². The summed E-state index contributed by atoms with van der Waals surface area (Å²) in [4.78, 5) is 105. The molecule has 5 aliphatic rings. The number of nitrogens with zero attached hydrogens (tertiary/aromatic N) is 2. The summed E-state index contributed by atoms with van der Waals surface area (Å²) in [6, 6.07) is 0. The van der Waals surface area contributed by atoms with Crippen LogP contribution in [-0.4, -0.2) is 225 Å². The first-order valence-electron chi connectivity index (χ1n) is 55.9. The first-order valence-corrected chi connectivity index (χ1v) is 65.3. The molecule has 23 nitrogen and oxygen atoms in total. The summed E-state index contributed by atoms with van der Waals surface area (Å²) in [7, 11) is -8.62. The Morgan fingerprint density at radius 3 is 0.993 bits per heavy atom. The van der Waals surface area contributed by atoms with E-state index in [1.165, 1.54) is 176 Å².